The molecular formula is C19H15Cl2N7O. The topological polar surface area (TPSA) is 90.0 Å². The molecule has 1 N–H and O–H groups in total. The summed E-state index contributed by atoms with van der Waals surface area (Å²) in [5.74, 6) is 1.33. The minimum atomic E-state index is -0.297. The van der Waals surface area contributed by atoms with Crippen LogP contribution in [0.15, 0.2) is 30.3 Å². The molecule has 3 aromatic heterocycles. The SMILES string of the molecule is Cc1nn(-c2ccc3nnc(C)n3n2)c2c1[C@@H](c1c(Cl)cccc1Cl)CC(=O)N2. The first kappa shape index (κ1) is 18.1. The molecule has 1 aromatic carbocycles. The molecule has 4 aromatic rings. The van der Waals surface area contributed by atoms with Crippen molar-refractivity contribution in [3.63, 3.8) is 0 Å². The van der Waals surface area contributed by atoms with Crippen molar-refractivity contribution in [3.05, 3.63) is 63.0 Å². The highest BCUT2D eigenvalue weighted by Crippen LogP contribution is 2.44. The largest absolute Gasteiger partial charge is 0.310 e. The van der Waals surface area contributed by atoms with Gasteiger partial charge in [0.25, 0.3) is 0 Å². The van der Waals surface area contributed by atoms with Crippen molar-refractivity contribution in [3.8, 4) is 5.82 Å². The van der Waals surface area contributed by atoms with E-state index in [1.54, 1.807) is 39.5 Å². The summed E-state index contributed by atoms with van der Waals surface area (Å²) in [4.78, 5) is 12.6. The van der Waals surface area contributed by atoms with E-state index in [9.17, 15) is 4.79 Å². The predicted octanol–water partition coefficient (Wildman–Crippen LogP) is 3.71. The molecule has 0 bridgehead atoms. The Morgan fingerprint density at radius 2 is 1.79 bits per heavy atom. The van der Waals surface area contributed by atoms with Gasteiger partial charge in [-0.3, -0.25) is 4.79 Å². The van der Waals surface area contributed by atoms with Gasteiger partial charge in [0.05, 0.1) is 5.69 Å². The number of nitrogens with zero attached hydrogens (tertiary/aromatic N) is 6. The summed E-state index contributed by atoms with van der Waals surface area (Å²) in [5.41, 5.74) is 3.01. The van der Waals surface area contributed by atoms with Gasteiger partial charge in [-0.1, -0.05) is 29.3 Å². The summed E-state index contributed by atoms with van der Waals surface area (Å²) in [6.07, 6.45) is 0.236. The molecule has 4 heterocycles. The molecule has 29 heavy (non-hydrogen) atoms. The van der Waals surface area contributed by atoms with Gasteiger partial charge in [-0.2, -0.15) is 14.3 Å². The molecule has 0 aliphatic carbocycles. The van der Waals surface area contributed by atoms with Crippen molar-refractivity contribution in [2.75, 3.05) is 5.32 Å². The van der Waals surface area contributed by atoms with Crippen LogP contribution in [-0.2, 0) is 4.79 Å². The number of carbonyl (C=O) groups excluding carboxylic acids is 1. The minimum Gasteiger partial charge on any atom is -0.310 e. The fourth-order valence-corrected chi connectivity index (χ4v) is 4.46. The first-order chi connectivity index (χ1) is 13.9. The number of anilines is 1. The Hall–Kier alpha value is -2.97. The monoisotopic (exact) mass is 427 g/mol. The van der Waals surface area contributed by atoms with Gasteiger partial charge in [0.2, 0.25) is 5.91 Å². The van der Waals surface area contributed by atoms with E-state index in [1.807, 2.05) is 13.8 Å². The quantitative estimate of drug-likeness (QED) is 0.526. The van der Waals surface area contributed by atoms with Gasteiger partial charge in [-0.25, -0.2) is 0 Å². The molecule has 1 atom stereocenters. The van der Waals surface area contributed by atoms with Gasteiger partial charge in [-0.15, -0.1) is 15.3 Å². The molecule has 0 spiro atoms. The number of nitrogens with one attached hydrogen (secondary N) is 1. The number of hydrogen-bond acceptors (Lipinski definition) is 5. The highest BCUT2D eigenvalue weighted by atomic mass is 35.5. The van der Waals surface area contributed by atoms with Gasteiger partial charge in [0.1, 0.15) is 5.82 Å². The van der Waals surface area contributed by atoms with Gasteiger partial charge in [-0.05, 0) is 43.7 Å². The summed E-state index contributed by atoms with van der Waals surface area (Å²) in [6, 6.07) is 8.93. The van der Waals surface area contributed by atoms with Crippen LogP contribution in [0.4, 0.5) is 5.82 Å². The third-order valence-electron chi connectivity index (χ3n) is 5.07. The zero-order valence-electron chi connectivity index (χ0n) is 15.5. The molecular weight excluding hydrogens is 413 g/mol. The smallest absolute Gasteiger partial charge is 0.226 e. The number of aromatic nitrogens is 6. The molecule has 0 unspecified atom stereocenters. The molecule has 0 saturated carbocycles. The Kier molecular flexibility index (Phi) is 4.07. The number of benzene rings is 1. The molecule has 5 rings (SSSR count). The third-order valence-corrected chi connectivity index (χ3v) is 5.73. The van der Waals surface area contributed by atoms with Crippen LogP contribution in [0, 0.1) is 13.8 Å². The van der Waals surface area contributed by atoms with Crippen molar-refractivity contribution in [2.24, 2.45) is 0 Å². The average molecular weight is 428 g/mol. The fourth-order valence-electron chi connectivity index (χ4n) is 3.80. The van der Waals surface area contributed by atoms with Crippen LogP contribution in [0.5, 0.6) is 0 Å². The number of hydrogen-bond donors (Lipinski definition) is 1. The molecule has 10 heteroatoms. The average Bonchev–Trinajstić information content (AvgIpc) is 3.21. The second kappa shape index (κ2) is 6.53. The van der Waals surface area contributed by atoms with Crippen LogP contribution in [-0.4, -0.2) is 35.5 Å². The van der Waals surface area contributed by atoms with Gasteiger partial charge >= 0.3 is 0 Å². The van der Waals surface area contributed by atoms with Crippen LogP contribution in [0.25, 0.3) is 11.5 Å². The lowest BCUT2D eigenvalue weighted by Crippen LogP contribution is -2.25. The maximum atomic E-state index is 12.6. The molecule has 8 nitrogen and oxygen atoms in total. The zero-order valence-corrected chi connectivity index (χ0v) is 17.0. The Labute approximate surface area is 175 Å². The van der Waals surface area contributed by atoms with Gasteiger partial charge in [0, 0.05) is 27.9 Å². The fraction of sp³-hybridized carbons (Fsp3) is 0.211. The summed E-state index contributed by atoms with van der Waals surface area (Å²) >= 11 is 12.9. The lowest BCUT2D eigenvalue weighted by Gasteiger charge is -2.25. The summed E-state index contributed by atoms with van der Waals surface area (Å²) in [7, 11) is 0. The van der Waals surface area contributed by atoms with Crippen LogP contribution in [0.3, 0.4) is 0 Å². The number of amides is 1. The first-order valence-corrected chi connectivity index (χ1v) is 9.72. The van der Waals surface area contributed by atoms with Crippen LogP contribution >= 0.6 is 23.2 Å². The molecule has 1 amide bonds. The molecule has 0 radical (unpaired) electrons. The summed E-state index contributed by atoms with van der Waals surface area (Å²) in [6.45, 7) is 3.71. The van der Waals surface area contributed by atoms with E-state index in [-0.39, 0.29) is 18.2 Å². The number of halogens is 2. The maximum Gasteiger partial charge on any atom is 0.226 e. The van der Waals surface area contributed by atoms with E-state index >= 15 is 0 Å². The van der Waals surface area contributed by atoms with Crippen molar-refractivity contribution < 1.29 is 4.79 Å². The molecule has 0 fully saturated rings. The standard InChI is InChI=1S/C19H15Cl2N7O/c1-9-17-11(18-12(20)4-3-5-13(18)21)8-16(29)22-19(17)28(25-9)15-7-6-14-24-23-10(2)27(14)26-15/h3-7,11H,8H2,1-2H3,(H,22,29)/t11-/m0/s1. The minimum absolute atomic E-state index is 0.138. The second-order valence-corrected chi connectivity index (χ2v) is 7.72. The number of fused-ring (bicyclic) bond motifs is 2. The first-order valence-electron chi connectivity index (χ1n) is 8.96. The second-order valence-electron chi connectivity index (χ2n) is 6.91. The molecule has 1 aliphatic heterocycles. The molecule has 146 valence electrons. The van der Waals surface area contributed by atoms with Crippen LogP contribution in [0.1, 0.15) is 35.0 Å². The summed E-state index contributed by atoms with van der Waals surface area (Å²) < 4.78 is 3.25. The van der Waals surface area contributed by atoms with Crippen LogP contribution < -0.4 is 5.32 Å². The molecule has 1 aliphatic rings. The van der Waals surface area contributed by atoms with Crippen molar-refractivity contribution in [2.45, 2.75) is 26.2 Å². The Bertz CT molecular complexity index is 1270. The Morgan fingerprint density at radius 1 is 1.03 bits per heavy atom. The van der Waals surface area contributed by atoms with Crippen molar-refractivity contribution in [1.82, 2.24) is 29.6 Å². The van der Waals surface area contributed by atoms with Crippen LogP contribution in [0.2, 0.25) is 10.0 Å². The van der Waals surface area contributed by atoms with E-state index in [4.69, 9.17) is 23.2 Å². The Morgan fingerprint density at radius 3 is 2.55 bits per heavy atom. The predicted molar refractivity (Wildman–Crippen MR) is 109 cm³/mol. The van der Waals surface area contributed by atoms with Crippen molar-refractivity contribution in [1.29, 1.82) is 0 Å². The third kappa shape index (κ3) is 2.79. The molecule has 0 saturated heterocycles. The van der Waals surface area contributed by atoms with Crippen molar-refractivity contribution >= 4 is 40.6 Å². The highest BCUT2D eigenvalue weighted by molar-refractivity contribution is 6.36. The number of aryl methyl sites for hydroxylation is 2. The van der Waals surface area contributed by atoms with Gasteiger partial charge < -0.3 is 5.32 Å². The van der Waals surface area contributed by atoms with E-state index < -0.39 is 0 Å². The maximum absolute atomic E-state index is 12.6. The van der Waals surface area contributed by atoms with E-state index in [0.717, 1.165) is 16.8 Å². The Balaban J connectivity index is 1.72. The van der Waals surface area contributed by atoms with Gasteiger partial charge in [0.15, 0.2) is 17.3 Å². The highest BCUT2D eigenvalue weighted by Gasteiger charge is 2.35. The number of carbonyl (C=O) groups is 1. The van der Waals surface area contributed by atoms with E-state index in [2.05, 4.69) is 25.7 Å². The zero-order chi connectivity index (χ0) is 20.3. The lowest BCUT2D eigenvalue weighted by atomic mass is 9.85. The lowest BCUT2D eigenvalue weighted by molar-refractivity contribution is -0.116. The van der Waals surface area contributed by atoms with E-state index in [1.165, 1.54) is 0 Å². The normalized spacial score (nSPS) is 16.1. The number of rotatable bonds is 2. The van der Waals surface area contributed by atoms with E-state index in [0.29, 0.717) is 33.2 Å². The summed E-state index contributed by atoms with van der Waals surface area (Å²) in [5, 5.41) is 21.3.